The summed E-state index contributed by atoms with van der Waals surface area (Å²) < 4.78 is 5.90. The van der Waals surface area contributed by atoms with Crippen LogP contribution in [-0.2, 0) is 14.3 Å². The minimum atomic E-state index is -0.785. The van der Waals surface area contributed by atoms with E-state index in [-0.39, 0.29) is 24.9 Å². The van der Waals surface area contributed by atoms with Gasteiger partial charge in [0, 0.05) is 6.42 Å². The lowest BCUT2D eigenvalue weighted by atomic mass is 10.0. The fourth-order valence-electron chi connectivity index (χ4n) is 7.12. The van der Waals surface area contributed by atoms with Gasteiger partial charge in [-0.25, -0.2) is 0 Å². The van der Waals surface area contributed by atoms with Crippen molar-refractivity contribution in [1.82, 2.24) is 5.32 Å². The molecule has 0 aliphatic carbocycles. The Morgan fingerprint density at radius 1 is 0.519 bits per heavy atom. The molecule has 0 bridgehead atoms. The quantitative estimate of drug-likeness (QED) is 0.0327. The monoisotopic (exact) mass is 762 g/mol. The normalized spacial score (nSPS) is 13.5. The summed E-state index contributed by atoms with van der Waals surface area (Å²) in [5, 5.41) is 23.6. The summed E-state index contributed by atoms with van der Waals surface area (Å²) in [6, 6.07) is -0.700. The highest BCUT2D eigenvalue weighted by molar-refractivity contribution is 5.77. The number of unbranched alkanes of at least 4 members (excludes halogenated alkanes) is 26. The minimum Gasteiger partial charge on any atom is -0.462 e. The zero-order valence-electron chi connectivity index (χ0n) is 36.1. The lowest BCUT2D eigenvalue weighted by Crippen LogP contribution is -2.46. The highest BCUT2D eigenvalue weighted by Crippen LogP contribution is 2.17. The van der Waals surface area contributed by atoms with Crippen LogP contribution in [0.2, 0.25) is 0 Å². The second-order valence-corrected chi connectivity index (χ2v) is 16.2. The molecule has 0 aliphatic rings. The third-order valence-corrected chi connectivity index (χ3v) is 10.8. The molecule has 0 aromatic heterocycles. The molecule has 3 unspecified atom stereocenters. The van der Waals surface area contributed by atoms with E-state index in [2.05, 4.69) is 50.4 Å². The lowest BCUT2D eigenvalue weighted by Gasteiger charge is -2.24. The van der Waals surface area contributed by atoms with Gasteiger partial charge in [-0.05, 0) is 77.0 Å². The highest BCUT2D eigenvalue weighted by Gasteiger charge is 2.24. The molecule has 0 saturated heterocycles. The third-order valence-electron chi connectivity index (χ3n) is 10.8. The first-order chi connectivity index (χ1) is 26.5. The Labute approximate surface area is 335 Å². The van der Waals surface area contributed by atoms with Gasteiger partial charge in [-0.15, -0.1) is 0 Å². The van der Waals surface area contributed by atoms with Crippen LogP contribution in [0.5, 0.6) is 0 Å². The average Bonchev–Trinajstić information content (AvgIpc) is 3.16. The van der Waals surface area contributed by atoms with Gasteiger partial charge in [0.15, 0.2) is 0 Å². The molecular weight excluding hydrogens is 671 g/mol. The van der Waals surface area contributed by atoms with Crippen LogP contribution in [0.3, 0.4) is 0 Å². The molecule has 1 amide bonds. The van der Waals surface area contributed by atoms with E-state index in [0.29, 0.717) is 19.3 Å². The Kier molecular flexibility index (Phi) is 41.2. The number of aliphatic hydroxyl groups is 2. The Bertz CT molecular complexity index is 858. The van der Waals surface area contributed by atoms with E-state index in [9.17, 15) is 19.8 Å². The molecule has 3 N–H and O–H groups in total. The summed E-state index contributed by atoms with van der Waals surface area (Å²) in [6.45, 7) is 6.43. The first-order valence-corrected chi connectivity index (χ1v) is 23.6. The molecule has 0 aromatic carbocycles. The first kappa shape index (κ1) is 52.3. The van der Waals surface area contributed by atoms with Crippen LogP contribution in [0.15, 0.2) is 24.3 Å². The number of aliphatic hydroxyl groups excluding tert-OH is 2. The Hall–Kier alpha value is -1.66. The zero-order valence-corrected chi connectivity index (χ0v) is 36.1. The second-order valence-electron chi connectivity index (χ2n) is 16.2. The van der Waals surface area contributed by atoms with Crippen molar-refractivity contribution < 1.29 is 24.5 Å². The zero-order chi connectivity index (χ0) is 39.6. The number of hydrogen-bond donors (Lipinski definition) is 3. The maximum absolute atomic E-state index is 13.1. The lowest BCUT2D eigenvalue weighted by molar-refractivity contribution is -0.151. The van der Waals surface area contributed by atoms with Crippen molar-refractivity contribution in [3.63, 3.8) is 0 Å². The van der Waals surface area contributed by atoms with Crippen LogP contribution in [0.1, 0.15) is 245 Å². The third kappa shape index (κ3) is 37.3. The number of ether oxygens (including phenoxy) is 1. The van der Waals surface area contributed by atoms with Crippen molar-refractivity contribution in [2.75, 3.05) is 6.61 Å². The molecule has 6 nitrogen and oxygen atoms in total. The Morgan fingerprint density at radius 3 is 1.37 bits per heavy atom. The minimum absolute atomic E-state index is 0.0717. The van der Waals surface area contributed by atoms with E-state index < -0.39 is 18.2 Å². The molecule has 0 rings (SSSR count). The largest absolute Gasteiger partial charge is 0.462 e. The van der Waals surface area contributed by atoms with Crippen LogP contribution < -0.4 is 5.32 Å². The van der Waals surface area contributed by atoms with Crippen molar-refractivity contribution in [1.29, 1.82) is 0 Å². The van der Waals surface area contributed by atoms with Crippen LogP contribution in [0, 0.1) is 0 Å². The number of rotatable bonds is 42. The summed E-state index contributed by atoms with van der Waals surface area (Å²) in [5.41, 5.74) is 0. The van der Waals surface area contributed by atoms with Gasteiger partial charge < -0.3 is 20.3 Å². The maximum Gasteiger partial charge on any atom is 0.306 e. The van der Waals surface area contributed by atoms with E-state index >= 15 is 0 Å². The molecule has 0 radical (unpaired) electrons. The number of allylic oxidation sites excluding steroid dienone is 4. The number of amides is 1. The number of carbonyl (C=O) groups excluding carboxylic acids is 2. The summed E-state index contributed by atoms with van der Waals surface area (Å²) in [5.74, 6) is -0.487. The summed E-state index contributed by atoms with van der Waals surface area (Å²) in [6.07, 6.45) is 46.6. The van der Waals surface area contributed by atoms with Gasteiger partial charge in [0.2, 0.25) is 5.91 Å². The fraction of sp³-hybridized carbons (Fsp3) is 0.875. The molecule has 6 heteroatoms. The van der Waals surface area contributed by atoms with Crippen molar-refractivity contribution in [3.8, 4) is 0 Å². The van der Waals surface area contributed by atoms with E-state index in [1.165, 1.54) is 128 Å². The van der Waals surface area contributed by atoms with Crippen molar-refractivity contribution >= 4 is 11.9 Å². The van der Waals surface area contributed by atoms with Gasteiger partial charge in [0.05, 0.1) is 25.2 Å². The molecule has 0 aromatic rings. The molecule has 3 atom stereocenters. The van der Waals surface area contributed by atoms with Crippen LogP contribution in [0.25, 0.3) is 0 Å². The Morgan fingerprint density at radius 2 is 0.889 bits per heavy atom. The van der Waals surface area contributed by atoms with Gasteiger partial charge in [0.1, 0.15) is 6.10 Å². The van der Waals surface area contributed by atoms with Crippen molar-refractivity contribution in [2.24, 2.45) is 0 Å². The summed E-state index contributed by atoms with van der Waals surface area (Å²) >= 11 is 0. The average molecular weight is 762 g/mol. The highest BCUT2D eigenvalue weighted by atomic mass is 16.5. The van der Waals surface area contributed by atoms with Crippen molar-refractivity contribution in [3.05, 3.63) is 24.3 Å². The topological polar surface area (TPSA) is 95.9 Å². The summed E-state index contributed by atoms with van der Waals surface area (Å²) in [7, 11) is 0. The number of nitrogens with one attached hydrogen (secondary N) is 1. The maximum atomic E-state index is 13.1. The first-order valence-electron chi connectivity index (χ1n) is 23.6. The van der Waals surface area contributed by atoms with Crippen LogP contribution >= 0.6 is 0 Å². The smallest absolute Gasteiger partial charge is 0.306 e. The molecule has 318 valence electrons. The molecule has 0 saturated carbocycles. The SMILES string of the molecule is CCCCC/C=C\CCCCCCCC(=O)OC(CCCCCCC/C=C\CCCCCC)CC(=O)NC(CO)C(O)CCCCCCCCCCCC. The van der Waals surface area contributed by atoms with Gasteiger partial charge in [-0.2, -0.15) is 0 Å². The number of carbonyl (C=O) groups is 2. The van der Waals surface area contributed by atoms with Gasteiger partial charge in [-0.1, -0.05) is 180 Å². The predicted octanol–water partition coefficient (Wildman–Crippen LogP) is 13.6. The van der Waals surface area contributed by atoms with E-state index in [1.54, 1.807) is 0 Å². The standard InChI is InChI=1S/C48H91NO5/c1-4-7-10-13-16-19-22-24-25-27-30-33-36-39-44(54-48(53)41-38-35-32-29-26-23-20-17-14-11-8-5-2)42-47(52)49-45(43-50)46(51)40-37-34-31-28-21-18-15-12-9-6-3/h17,19-20,22,44-46,50-51H,4-16,18,21,23-43H2,1-3H3,(H,49,52)/b20-17-,22-19-. The molecule has 0 fully saturated rings. The molecule has 54 heavy (non-hydrogen) atoms. The predicted molar refractivity (Wildman–Crippen MR) is 232 cm³/mol. The van der Waals surface area contributed by atoms with Gasteiger partial charge in [0.25, 0.3) is 0 Å². The van der Waals surface area contributed by atoms with Gasteiger partial charge in [-0.3, -0.25) is 9.59 Å². The van der Waals surface area contributed by atoms with E-state index in [0.717, 1.165) is 70.6 Å². The van der Waals surface area contributed by atoms with E-state index in [4.69, 9.17) is 4.74 Å². The molecule has 0 heterocycles. The summed E-state index contributed by atoms with van der Waals surface area (Å²) in [4.78, 5) is 26.0. The Balaban J connectivity index is 4.61. The second kappa shape index (κ2) is 42.5. The van der Waals surface area contributed by atoms with E-state index in [1.807, 2.05) is 0 Å². The molecule has 0 aliphatic heterocycles. The number of hydrogen-bond acceptors (Lipinski definition) is 5. The number of esters is 1. The van der Waals surface area contributed by atoms with Crippen LogP contribution in [0.4, 0.5) is 0 Å². The van der Waals surface area contributed by atoms with Crippen LogP contribution in [-0.4, -0.2) is 46.9 Å². The fourth-order valence-corrected chi connectivity index (χ4v) is 7.12. The van der Waals surface area contributed by atoms with Crippen molar-refractivity contribution in [2.45, 2.75) is 264 Å². The molecule has 0 spiro atoms. The van der Waals surface area contributed by atoms with Gasteiger partial charge >= 0.3 is 5.97 Å². The molecular formula is C48H91NO5.